The lowest BCUT2D eigenvalue weighted by Crippen LogP contribution is -2.26. The van der Waals surface area contributed by atoms with E-state index in [0.29, 0.717) is 0 Å². The van der Waals surface area contributed by atoms with E-state index in [9.17, 15) is 23.1 Å². The number of benzene rings is 1. The van der Waals surface area contributed by atoms with E-state index in [-0.39, 0.29) is 23.7 Å². The first kappa shape index (κ1) is 18.0. The number of nitrogens with zero attached hydrogens (tertiary/aromatic N) is 1. The number of halogens is 3. The van der Waals surface area contributed by atoms with Gasteiger partial charge in [0.05, 0.1) is 11.7 Å². The van der Waals surface area contributed by atoms with Gasteiger partial charge in [0.15, 0.2) is 5.69 Å². The molecular weight excluding hydrogens is 327 g/mol. The van der Waals surface area contributed by atoms with Crippen molar-refractivity contribution in [2.45, 2.75) is 31.8 Å². The number of nitrogens with one attached hydrogen (secondary N) is 1. The Balaban J connectivity index is 2.07. The zero-order chi connectivity index (χ0) is 17.9. The van der Waals surface area contributed by atoms with Crippen molar-refractivity contribution in [2.75, 3.05) is 0 Å². The van der Waals surface area contributed by atoms with Gasteiger partial charge in [-0.25, -0.2) is 4.98 Å². The number of oxazole rings is 1. The average Bonchev–Trinajstić information content (AvgIpc) is 3.01. The van der Waals surface area contributed by atoms with Crippen LogP contribution in [0.1, 0.15) is 40.5 Å². The van der Waals surface area contributed by atoms with Crippen molar-refractivity contribution in [3.05, 3.63) is 53.2 Å². The van der Waals surface area contributed by atoms with E-state index < -0.39 is 29.8 Å². The maximum absolute atomic E-state index is 12.9. The topological polar surface area (TPSA) is 101 Å². The third-order valence-corrected chi connectivity index (χ3v) is 3.32. The molecule has 2 aromatic rings. The molecule has 0 aliphatic carbocycles. The van der Waals surface area contributed by atoms with Gasteiger partial charge in [-0.05, 0) is 18.6 Å². The highest BCUT2D eigenvalue weighted by molar-refractivity contribution is 5.91. The minimum Gasteiger partial charge on any atom is -0.446 e. The third-order valence-electron chi connectivity index (χ3n) is 3.32. The van der Waals surface area contributed by atoms with Crippen molar-refractivity contribution in [3.8, 4) is 0 Å². The molecule has 0 aliphatic heterocycles. The number of rotatable bonds is 5. The fourth-order valence-electron chi connectivity index (χ4n) is 1.97. The number of carbonyl (C=O) groups is 1. The number of aromatic nitrogens is 1. The molecule has 0 spiro atoms. The molecule has 0 bridgehead atoms. The molecule has 0 radical (unpaired) electrons. The number of hydrogen-bond acceptors (Lipinski definition) is 5. The number of amides is 1. The molecule has 130 valence electrons. The monoisotopic (exact) mass is 343 g/mol. The second kappa shape index (κ2) is 7.02. The highest BCUT2D eigenvalue weighted by Crippen LogP contribution is 2.31. The lowest BCUT2D eigenvalue weighted by atomic mass is 10.1. The Morgan fingerprint density at radius 2 is 2.08 bits per heavy atom. The van der Waals surface area contributed by atoms with E-state index >= 15 is 0 Å². The minimum atomic E-state index is -4.51. The third kappa shape index (κ3) is 4.12. The molecule has 0 fully saturated rings. The molecule has 1 aromatic heterocycles. The average molecular weight is 343 g/mol. The second-order valence-electron chi connectivity index (χ2n) is 5.17. The van der Waals surface area contributed by atoms with Crippen molar-refractivity contribution in [3.63, 3.8) is 0 Å². The van der Waals surface area contributed by atoms with Crippen LogP contribution in [-0.2, 0) is 12.7 Å². The molecule has 4 N–H and O–H groups in total. The number of nitrogens with two attached hydrogens (primary N) is 1. The largest absolute Gasteiger partial charge is 0.446 e. The molecule has 2 unspecified atom stereocenters. The molecule has 2 atom stereocenters. The van der Waals surface area contributed by atoms with Crippen LogP contribution in [0.15, 0.2) is 34.9 Å². The maximum Gasteiger partial charge on any atom is 0.416 e. The predicted molar refractivity (Wildman–Crippen MR) is 77.7 cm³/mol. The van der Waals surface area contributed by atoms with Crippen molar-refractivity contribution < 1.29 is 27.5 Å². The van der Waals surface area contributed by atoms with Crippen LogP contribution in [0.2, 0.25) is 0 Å². The molecule has 6 nitrogen and oxygen atoms in total. The Morgan fingerprint density at radius 3 is 2.71 bits per heavy atom. The number of carbonyl (C=O) groups excluding carboxylic acids is 1. The van der Waals surface area contributed by atoms with E-state index in [4.69, 9.17) is 10.2 Å². The van der Waals surface area contributed by atoms with Crippen LogP contribution < -0.4 is 11.1 Å². The molecule has 9 heteroatoms. The highest BCUT2D eigenvalue weighted by atomic mass is 19.4. The Hall–Kier alpha value is -2.39. The molecule has 24 heavy (non-hydrogen) atoms. The van der Waals surface area contributed by atoms with Gasteiger partial charge in [0, 0.05) is 6.54 Å². The van der Waals surface area contributed by atoms with Gasteiger partial charge in [-0.2, -0.15) is 13.2 Å². The summed E-state index contributed by atoms with van der Waals surface area (Å²) < 4.78 is 43.7. The summed E-state index contributed by atoms with van der Waals surface area (Å²) in [5.41, 5.74) is 4.60. The molecule has 0 saturated carbocycles. The van der Waals surface area contributed by atoms with Crippen LogP contribution in [0.25, 0.3) is 0 Å². The van der Waals surface area contributed by atoms with E-state index in [2.05, 4.69) is 10.3 Å². The first-order valence-corrected chi connectivity index (χ1v) is 7.02. The summed E-state index contributed by atoms with van der Waals surface area (Å²) in [6.07, 6.45) is -4.41. The Bertz CT molecular complexity index is 713. The Morgan fingerprint density at radius 1 is 1.42 bits per heavy atom. The first-order chi connectivity index (χ1) is 11.2. The van der Waals surface area contributed by atoms with Gasteiger partial charge in [-0.1, -0.05) is 18.2 Å². The maximum atomic E-state index is 12.9. The van der Waals surface area contributed by atoms with Crippen LogP contribution in [0.5, 0.6) is 0 Å². The quantitative estimate of drug-likeness (QED) is 0.771. The van der Waals surface area contributed by atoms with Gasteiger partial charge < -0.3 is 20.6 Å². The van der Waals surface area contributed by atoms with Gasteiger partial charge in [0.1, 0.15) is 12.3 Å². The number of aliphatic hydroxyl groups excluding tert-OH is 1. The summed E-state index contributed by atoms with van der Waals surface area (Å²) in [6.45, 7) is 1.11. The number of hydrogen-bond donors (Lipinski definition) is 3. The molecule has 0 saturated heterocycles. The molecular formula is C15H16F3N3O3. The highest BCUT2D eigenvalue weighted by Gasteiger charge is 2.33. The molecule has 1 aromatic carbocycles. The van der Waals surface area contributed by atoms with E-state index in [1.165, 1.54) is 25.1 Å². The lowest BCUT2D eigenvalue weighted by molar-refractivity contribution is -0.138. The first-order valence-electron chi connectivity index (χ1n) is 7.02. The van der Waals surface area contributed by atoms with Crippen LogP contribution in [0.4, 0.5) is 13.2 Å². The summed E-state index contributed by atoms with van der Waals surface area (Å²) in [6, 6.07) is 4.04. The van der Waals surface area contributed by atoms with Crippen molar-refractivity contribution in [1.29, 1.82) is 0 Å². The van der Waals surface area contributed by atoms with Gasteiger partial charge in [0.25, 0.3) is 5.91 Å². The fraction of sp³-hybridized carbons (Fsp3) is 0.333. The predicted octanol–water partition coefficient (Wildman–Crippen LogP) is 2.00. The summed E-state index contributed by atoms with van der Waals surface area (Å²) >= 11 is 0. The van der Waals surface area contributed by atoms with E-state index in [1.807, 2.05) is 0 Å². The second-order valence-corrected chi connectivity index (χ2v) is 5.17. The van der Waals surface area contributed by atoms with Gasteiger partial charge >= 0.3 is 6.18 Å². The molecule has 1 amide bonds. The Labute approximate surface area is 135 Å². The van der Waals surface area contributed by atoms with Crippen LogP contribution in [0, 0.1) is 0 Å². The van der Waals surface area contributed by atoms with Crippen LogP contribution >= 0.6 is 0 Å². The minimum absolute atomic E-state index is 0.0363. The number of aliphatic hydroxyl groups is 1. The van der Waals surface area contributed by atoms with Crippen LogP contribution in [0.3, 0.4) is 0 Å². The molecule has 1 heterocycles. The van der Waals surface area contributed by atoms with Crippen molar-refractivity contribution >= 4 is 5.91 Å². The molecule has 0 aliphatic rings. The smallest absolute Gasteiger partial charge is 0.416 e. The Kier molecular flexibility index (Phi) is 5.25. The van der Waals surface area contributed by atoms with E-state index in [1.54, 1.807) is 0 Å². The van der Waals surface area contributed by atoms with Gasteiger partial charge in [0.2, 0.25) is 5.89 Å². The standard InChI is InChI=1S/C15H16F3N3O3/c1-8(22)12(19)14-21-11(7-24-14)13(23)20-6-9-4-2-3-5-10(9)15(16,17)18/h2-5,7-8,12,22H,6,19H2,1H3,(H,20,23). The number of alkyl halides is 3. The SMILES string of the molecule is CC(O)C(N)c1nc(C(=O)NCc2ccccc2C(F)(F)F)co1. The van der Waals surface area contributed by atoms with Gasteiger partial charge in [-0.3, -0.25) is 4.79 Å². The summed E-state index contributed by atoms with van der Waals surface area (Å²) in [5, 5.41) is 11.7. The zero-order valence-electron chi connectivity index (χ0n) is 12.7. The van der Waals surface area contributed by atoms with Crippen molar-refractivity contribution in [2.24, 2.45) is 5.73 Å². The summed E-state index contributed by atoms with van der Waals surface area (Å²) in [4.78, 5) is 15.8. The zero-order valence-corrected chi connectivity index (χ0v) is 12.7. The van der Waals surface area contributed by atoms with Crippen LogP contribution in [-0.4, -0.2) is 22.1 Å². The molecule has 2 rings (SSSR count). The van der Waals surface area contributed by atoms with Crippen molar-refractivity contribution in [1.82, 2.24) is 10.3 Å². The fourth-order valence-corrected chi connectivity index (χ4v) is 1.97. The lowest BCUT2D eigenvalue weighted by Gasteiger charge is -2.12. The normalized spacial score (nSPS) is 14.2. The van der Waals surface area contributed by atoms with Gasteiger partial charge in [-0.15, -0.1) is 0 Å². The van der Waals surface area contributed by atoms with E-state index in [0.717, 1.165) is 12.3 Å². The summed E-state index contributed by atoms with van der Waals surface area (Å²) in [7, 11) is 0. The summed E-state index contributed by atoms with van der Waals surface area (Å²) in [5.74, 6) is -0.745.